The van der Waals surface area contributed by atoms with Gasteiger partial charge in [0.15, 0.2) is 11.5 Å². The lowest BCUT2D eigenvalue weighted by Gasteiger charge is -2.12. The Morgan fingerprint density at radius 3 is 2.36 bits per heavy atom. The topological polar surface area (TPSA) is 107 Å². The average molecular weight is 199 g/mol. The van der Waals surface area contributed by atoms with Crippen LogP contribution >= 0.6 is 0 Å². The van der Waals surface area contributed by atoms with Gasteiger partial charge in [-0.3, -0.25) is 0 Å². The largest absolute Gasteiger partial charge is 0.504 e. The first-order valence-corrected chi connectivity index (χ1v) is 4.19. The first-order valence-electron chi connectivity index (χ1n) is 4.19. The van der Waals surface area contributed by atoms with Crippen LogP contribution in [0.2, 0.25) is 0 Å². The lowest BCUT2D eigenvalue weighted by atomic mass is 10.0. The number of phenols is 3. The molecular formula is C9H13NO4. The van der Waals surface area contributed by atoms with Crippen LogP contribution in [0.15, 0.2) is 12.1 Å². The molecule has 0 heterocycles. The van der Waals surface area contributed by atoms with Crippen molar-refractivity contribution in [1.82, 2.24) is 0 Å². The molecule has 0 aliphatic carbocycles. The molecule has 0 radical (unpaired) electrons. The maximum absolute atomic E-state index is 9.48. The van der Waals surface area contributed by atoms with Gasteiger partial charge in [-0.25, -0.2) is 0 Å². The molecule has 0 saturated heterocycles. The van der Waals surface area contributed by atoms with Gasteiger partial charge >= 0.3 is 0 Å². The Labute approximate surface area is 81.0 Å². The molecule has 0 spiro atoms. The number of aliphatic hydroxyl groups is 1. The molecule has 1 rings (SSSR count). The van der Waals surface area contributed by atoms with E-state index in [9.17, 15) is 10.2 Å². The third kappa shape index (κ3) is 1.89. The van der Waals surface area contributed by atoms with Gasteiger partial charge in [0.25, 0.3) is 0 Å². The summed E-state index contributed by atoms with van der Waals surface area (Å²) in [6, 6.07) is 2.54. The molecule has 0 saturated carbocycles. The fourth-order valence-electron chi connectivity index (χ4n) is 1.17. The highest BCUT2D eigenvalue weighted by Crippen LogP contribution is 2.40. The summed E-state index contributed by atoms with van der Waals surface area (Å²) < 4.78 is 0. The second kappa shape index (κ2) is 4.17. The summed E-state index contributed by atoms with van der Waals surface area (Å²) in [6.07, 6.45) is -0.663. The van der Waals surface area contributed by atoms with E-state index in [0.717, 1.165) is 0 Å². The number of phenolic OH excluding ortho intramolecular Hbond substituents is 3. The molecule has 0 unspecified atom stereocenters. The van der Waals surface area contributed by atoms with E-state index in [-0.39, 0.29) is 18.5 Å². The van der Waals surface area contributed by atoms with Crippen LogP contribution in [0, 0.1) is 0 Å². The molecule has 5 heteroatoms. The lowest BCUT2D eigenvalue weighted by Crippen LogP contribution is -2.06. The third-order valence-electron chi connectivity index (χ3n) is 1.96. The smallest absolute Gasteiger partial charge is 0.200 e. The first kappa shape index (κ1) is 10.6. The molecule has 0 fully saturated rings. The highest BCUT2D eigenvalue weighted by Gasteiger charge is 2.16. The Balaban J connectivity index is 3.04. The quantitative estimate of drug-likeness (QED) is 0.446. The molecule has 14 heavy (non-hydrogen) atoms. The van der Waals surface area contributed by atoms with Crippen molar-refractivity contribution in [2.24, 2.45) is 5.73 Å². The minimum absolute atomic E-state index is 0.158. The van der Waals surface area contributed by atoms with Crippen molar-refractivity contribution in [3.63, 3.8) is 0 Å². The van der Waals surface area contributed by atoms with Crippen LogP contribution in [0.3, 0.4) is 0 Å². The number of aromatic hydroxyl groups is 3. The minimum Gasteiger partial charge on any atom is -0.504 e. The van der Waals surface area contributed by atoms with E-state index in [0.29, 0.717) is 0 Å². The lowest BCUT2D eigenvalue weighted by molar-refractivity contribution is 0.165. The minimum atomic E-state index is -0.938. The zero-order valence-electron chi connectivity index (χ0n) is 7.51. The molecule has 0 bridgehead atoms. The summed E-state index contributed by atoms with van der Waals surface area (Å²) in [4.78, 5) is 0. The summed E-state index contributed by atoms with van der Waals surface area (Å²) >= 11 is 0. The predicted molar refractivity (Wildman–Crippen MR) is 50.1 cm³/mol. The number of rotatable bonds is 3. The van der Waals surface area contributed by atoms with E-state index in [2.05, 4.69) is 0 Å². The molecule has 1 aromatic carbocycles. The van der Waals surface area contributed by atoms with Crippen molar-refractivity contribution >= 4 is 0 Å². The number of hydrogen-bond donors (Lipinski definition) is 5. The van der Waals surface area contributed by atoms with Gasteiger partial charge in [-0.05, 0) is 25.1 Å². The molecule has 6 N–H and O–H groups in total. The molecule has 0 aliphatic heterocycles. The molecule has 78 valence electrons. The number of benzene rings is 1. The van der Waals surface area contributed by atoms with Gasteiger partial charge in [0.05, 0.1) is 6.10 Å². The van der Waals surface area contributed by atoms with Crippen molar-refractivity contribution < 1.29 is 20.4 Å². The van der Waals surface area contributed by atoms with E-state index in [1.54, 1.807) is 0 Å². The van der Waals surface area contributed by atoms with Gasteiger partial charge < -0.3 is 26.2 Å². The number of nitrogens with two attached hydrogens (primary N) is 1. The summed E-state index contributed by atoms with van der Waals surface area (Å²) in [5.41, 5.74) is 5.39. The highest BCUT2D eigenvalue weighted by molar-refractivity contribution is 5.53. The van der Waals surface area contributed by atoms with Crippen molar-refractivity contribution in [2.75, 3.05) is 6.54 Å². The van der Waals surface area contributed by atoms with E-state index in [1.807, 2.05) is 0 Å². The Hall–Kier alpha value is -1.46. The maximum Gasteiger partial charge on any atom is 0.200 e. The monoisotopic (exact) mass is 199 g/mol. The van der Waals surface area contributed by atoms with Crippen molar-refractivity contribution in [3.05, 3.63) is 17.7 Å². The second-order valence-electron chi connectivity index (χ2n) is 2.96. The van der Waals surface area contributed by atoms with E-state index < -0.39 is 23.4 Å². The molecule has 0 amide bonds. The average Bonchev–Trinajstić information content (AvgIpc) is 2.15. The van der Waals surface area contributed by atoms with Gasteiger partial charge in [0, 0.05) is 5.56 Å². The van der Waals surface area contributed by atoms with Crippen molar-refractivity contribution in [3.8, 4) is 17.2 Å². The first-order chi connectivity index (χ1) is 6.57. The number of aliphatic hydroxyl groups excluding tert-OH is 1. The van der Waals surface area contributed by atoms with Gasteiger partial charge in [0.2, 0.25) is 5.75 Å². The third-order valence-corrected chi connectivity index (χ3v) is 1.96. The van der Waals surface area contributed by atoms with E-state index in [1.165, 1.54) is 12.1 Å². The number of hydrogen-bond acceptors (Lipinski definition) is 5. The maximum atomic E-state index is 9.48. The van der Waals surface area contributed by atoms with E-state index >= 15 is 0 Å². The van der Waals surface area contributed by atoms with E-state index in [4.69, 9.17) is 15.9 Å². The molecule has 1 aromatic rings. The fraction of sp³-hybridized carbons (Fsp3) is 0.333. The van der Waals surface area contributed by atoms with Crippen LogP contribution < -0.4 is 5.73 Å². The highest BCUT2D eigenvalue weighted by atomic mass is 16.3. The molecule has 0 aliphatic rings. The van der Waals surface area contributed by atoms with Gasteiger partial charge in [0.1, 0.15) is 0 Å². The van der Waals surface area contributed by atoms with Crippen LogP contribution in [-0.4, -0.2) is 27.0 Å². The normalized spacial score (nSPS) is 12.7. The zero-order valence-corrected chi connectivity index (χ0v) is 7.51. The van der Waals surface area contributed by atoms with Gasteiger partial charge in [-0.15, -0.1) is 0 Å². The van der Waals surface area contributed by atoms with Gasteiger partial charge in [-0.1, -0.05) is 0 Å². The Kier molecular flexibility index (Phi) is 3.16. The molecule has 1 atom stereocenters. The molecule has 5 nitrogen and oxygen atoms in total. The Morgan fingerprint density at radius 1 is 1.14 bits per heavy atom. The summed E-state index contributed by atoms with van der Waals surface area (Å²) in [5.74, 6) is -1.56. The fourth-order valence-corrected chi connectivity index (χ4v) is 1.17. The molecule has 0 aromatic heterocycles. The van der Waals surface area contributed by atoms with Crippen molar-refractivity contribution in [1.29, 1.82) is 0 Å². The van der Waals surface area contributed by atoms with Crippen LogP contribution in [0.1, 0.15) is 18.1 Å². The predicted octanol–water partition coefficient (Wildman–Crippen LogP) is 0.186. The SMILES string of the molecule is NCC[C@H](O)c1ccc(O)c(O)c1O. The zero-order chi connectivity index (χ0) is 10.7. The standard InChI is InChI=1S/C9H13NO4/c10-4-3-6(11)5-1-2-7(12)9(14)8(5)13/h1-2,6,11-14H,3-4,10H2/t6-/m0/s1. The summed E-state index contributed by atoms with van der Waals surface area (Å²) in [6.45, 7) is 0.266. The second-order valence-corrected chi connectivity index (χ2v) is 2.96. The van der Waals surface area contributed by atoms with Crippen LogP contribution in [0.25, 0.3) is 0 Å². The molecular weight excluding hydrogens is 186 g/mol. The Bertz CT molecular complexity index is 327. The summed E-state index contributed by atoms with van der Waals surface area (Å²) in [7, 11) is 0. The van der Waals surface area contributed by atoms with Gasteiger partial charge in [-0.2, -0.15) is 0 Å². The van der Waals surface area contributed by atoms with Crippen LogP contribution in [-0.2, 0) is 0 Å². The summed E-state index contributed by atoms with van der Waals surface area (Å²) in [5, 5.41) is 37.0. The van der Waals surface area contributed by atoms with Crippen LogP contribution in [0.4, 0.5) is 0 Å². The Morgan fingerprint density at radius 2 is 1.79 bits per heavy atom. The van der Waals surface area contributed by atoms with Crippen LogP contribution in [0.5, 0.6) is 17.2 Å². The van der Waals surface area contributed by atoms with Crippen molar-refractivity contribution in [2.45, 2.75) is 12.5 Å².